The van der Waals surface area contributed by atoms with E-state index in [1.165, 1.54) is 25.7 Å². The van der Waals surface area contributed by atoms with E-state index in [4.69, 9.17) is 4.74 Å². The zero-order chi connectivity index (χ0) is 13.8. The highest BCUT2D eigenvalue weighted by Gasteiger charge is 2.31. The predicted octanol–water partition coefficient (Wildman–Crippen LogP) is 3.62. The normalized spacial score (nSPS) is 26.6. The highest BCUT2D eigenvalue weighted by Crippen LogP contribution is 2.37. The molecule has 2 nitrogen and oxygen atoms in total. The van der Waals surface area contributed by atoms with Crippen LogP contribution in [0.3, 0.4) is 0 Å². The fraction of sp³-hybridized carbons (Fsp3) is 0.647. The van der Waals surface area contributed by atoms with Crippen LogP contribution in [0.4, 0.5) is 4.39 Å². The van der Waals surface area contributed by atoms with Crippen LogP contribution in [0.2, 0.25) is 0 Å². The van der Waals surface area contributed by atoms with Gasteiger partial charge in [0.15, 0.2) is 0 Å². The van der Waals surface area contributed by atoms with Crippen LogP contribution >= 0.6 is 0 Å². The molecule has 1 aromatic rings. The lowest BCUT2D eigenvalue weighted by atomic mass is 9.75. The molecule has 0 heterocycles. The molecule has 0 atom stereocenters. The van der Waals surface area contributed by atoms with Crippen molar-refractivity contribution in [1.82, 2.24) is 5.32 Å². The lowest BCUT2D eigenvalue weighted by molar-refractivity contribution is 0.0570. The lowest BCUT2D eigenvalue weighted by Gasteiger charge is -2.36. The molecule has 0 unspecified atom stereocenters. The fourth-order valence-electron chi connectivity index (χ4n) is 3.39. The van der Waals surface area contributed by atoms with Gasteiger partial charge in [-0.1, -0.05) is 31.0 Å². The molecular formula is C17H24FNO. The number of ether oxygens (including phenoxy) is 1. The molecule has 2 saturated carbocycles. The van der Waals surface area contributed by atoms with E-state index in [0.717, 1.165) is 31.6 Å². The van der Waals surface area contributed by atoms with Crippen LogP contribution in [0.15, 0.2) is 24.3 Å². The van der Waals surface area contributed by atoms with Gasteiger partial charge in [-0.25, -0.2) is 4.39 Å². The minimum Gasteiger partial charge on any atom is -0.377 e. The van der Waals surface area contributed by atoms with E-state index in [-0.39, 0.29) is 5.82 Å². The second-order valence-corrected chi connectivity index (χ2v) is 6.12. The third-order valence-electron chi connectivity index (χ3n) is 4.67. The van der Waals surface area contributed by atoms with Crippen molar-refractivity contribution in [2.24, 2.45) is 0 Å². The summed E-state index contributed by atoms with van der Waals surface area (Å²) in [6.07, 6.45) is 7.71. The molecule has 0 bridgehead atoms. The van der Waals surface area contributed by atoms with E-state index in [2.05, 4.69) is 5.32 Å². The maximum atomic E-state index is 13.6. The van der Waals surface area contributed by atoms with Gasteiger partial charge in [0.25, 0.3) is 0 Å². The first-order valence-electron chi connectivity index (χ1n) is 7.92. The van der Waals surface area contributed by atoms with Gasteiger partial charge in [0, 0.05) is 12.6 Å². The first kappa shape index (κ1) is 14.0. The van der Waals surface area contributed by atoms with Crippen molar-refractivity contribution in [3.05, 3.63) is 35.6 Å². The third kappa shape index (κ3) is 3.39. The Hall–Kier alpha value is -0.930. The van der Waals surface area contributed by atoms with Crippen LogP contribution in [-0.4, -0.2) is 25.3 Å². The lowest BCUT2D eigenvalue weighted by Crippen LogP contribution is -2.42. The topological polar surface area (TPSA) is 21.3 Å². The molecule has 2 aliphatic carbocycles. The molecule has 0 spiro atoms. The molecule has 0 amide bonds. The summed E-state index contributed by atoms with van der Waals surface area (Å²) in [6, 6.07) is 7.69. The van der Waals surface area contributed by atoms with Gasteiger partial charge in [0.2, 0.25) is 0 Å². The van der Waals surface area contributed by atoms with E-state index >= 15 is 0 Å². The largest absolute Gasteiger partial charge is 0.377 e. The van der Waals surface area contributed by atoms with Crippen LogP contribution < -0.4 is 5.32 Å². The van der Waals surface area contributed by atoms with Crippen LogP contribution in [0.1, 0.15) is 50.0 Å². The summed E-state index contributed by atoms with van der Waals surface area (Å²) in [5.41, 5.74) is 0.882. The second-order valence-electron chi connectivity index (χ2n) is 6.12. The van der Waals surface area contributed by atoms with E-state index in [0.29, 0.717) is 18.1 Å². The first-order chi connectivity index (χ1) is 9.83. The number of nitrogens with one attached hydrogen (secondary N) is 1. The highest BCUT2D eigenvalue weighted by molar-refractivity contribution is 5.24. The summed E-state index contributed by atoms with van der Waals surface area (Å²) in [4.78, 5) is 0. The molecule has 0 radical (unpaired) electrons. The van der Waals surface area contributed by atoms with Crippen molar-refractivity contribution in [2.75, 3.05) is 13.2 Å². The molecule has 110 valence electrons. The Morgan fingerprint density at radius 2 is 1.90 bits per heavy atom. The van der Waals surface area contributed by atoms with Crippen molar-refractivity contribution in [1.29, 1.82) is 0 Å². The van der Waals surface area contributed by atoms with Crippen molar-refractivity contribution in [3.8, 4) is 0 Å². The van der Waals surface area contributed by atoms with Crippen molar-refractivity contribution < 1.29 is 9.13 Å². The maximum absolute atomic E-state index is 13.6. The molecule has 2 fully saturated rings. The number of benzene rings is 1. The standard InChI is InChI=1S/C17H24FNO/c18-17-8-4-3-7-16(17)13-11-14(12-13)19-9-10-20-15-5-1-2-6-15/h3-4,7-8,13-15,19H,1-2,5-6,9-12H2. The molecule has 2 aliphatic rings. The third-order valence-corrected chi connectivity index (χ3v) is 4.67. The molecular weight excluding hydrogens is 253 g/mol. The smallest absolute Gasteiger partial charge is 0.126 e. The van der Waals surface area contributed by atoms with Gasteiger partial charge in [-0.2, -0.15) is 0 Å². The SMILES string of the molecule is Fc1ccccc1C1CC(NCCOC2CCCC2)C1. The van der Waals surface area contributed by atoms with Gasteiger partial charge >= 0.3 is 0 Å². The van der Waals surface area contributed by atoms with Gasteiger partial charge in [0.05, 0.1) is 12.7 Å². The van der Waals surface area contributed by atoms with Crippen molar-refractivity contribution in [3.63, 3.8) is 0 Å². The average molecular weight is 277 g/mol. The predicted molar refractivity (Wildman–Crippen MR) is 78.4 cm³/mol. The zero-order valence-corrected chi connectivity index (χ0v) is 12.0. The van der Waals surface area contributed by atoms with Gasteiger partial charge in [-0.15, -0.1) is 0 Å². The van der Waals surface area contributed by atoms with Crippen LogP contribution in [-0.2, 0) is 4.74 Å². The van der Waals surface area contributed by atoms with Gasteiger partial charge in [0.1, 0.15) is 5.82 Å². The van der Waals surface area contributed by atoms with Crippen molar-refractivity contribution >= 4 is 0 Å². The summed E-state index contributed by atoms with van der Waals surface area (Å²) in [5.74, 6) is 0.338. The summed E-state index contributed by atoms with van der Waals surface area (Å²) < 4.78 is 19.5. The van der Waals surface area contributed by atoms with Crippen LogP contribution in [0.5, 0.6) is 0 Å². The van der Waals surface area contributed by atoms with E-state index in [1.807, 2.05) is 12.1 Å². The minimum absolute atomic E-state index is 0.0551. The molecule has 20 heavy (non-hydrogen) atoms. The Labute approximate surface area is 120 Å². The molecule has 1 aromatic carbocycles. The average Bonchev–Trinajstić information content (AvgIpc) is 2.91. The molecule has 3 heteroatoms. The second kappa shape index (κ2) is 6.68. The van der Waals surface area contributed by atoms with E-state index in [9.17, 15) is 4.39 Å². The highest BCUT2D eigenvalue weighted by atomic mass is 19.1. The van der Waals surface area contributed by atoms with Crippen LogP contribution in [0.25, 0.3) is 0 Å². The molecule has 0 aliphatic heterocycles. The Morgan fingerprint density at radius 1 is 1.15 bits per heavy atom. The van der Waals surface area contributed by atoms with Crippen molar-refractivity contribution in [2.45, 2.75) is 56.6 Å². The van der Waals surface area contributed by atoms with Crippen LogP contribution in [0, 0.1) is 5.82 Å². The molecule has 1 N–H and O–H groups in total. The summed E-state index contributed by atoms with van der Waals surface area (Å²) in [5, 5.41) is 3.51. The Balaban J connectivity index is 1.31. The number of hydrogen-bond donors (Lipinski definition) is 1. The molecule has 0 saturated heterocycles. The van der Waals surface area contributed by atoms with E-state index < -0.39 is 0 Å². The first-order valence-corrected chi connectivity index (χ1v) is 7.92. The molecule has 0 aromatic heterocycles. The number of hydrogen-bond acceptors (Lipinski definition) is 2. The summed E-state index contributed by atoms with van der Waals surface area (Å²) in [6.45, 7) is 1.73. The molecule has 3 rings (SSSR count). The van der Waals surface area contributed by atoms with Gasteiger partial charge in [-0.05, 0) is 43.2 Å². The Bertz CT molecular complexity index is 425. The fourth-order valence-corrected chi connectivity index (χ4v) is 3.39. The van der Waals surface area contributed by atoms with E-state index in [1.54, 1.807) is 12.1 Å². The van der Waals surface area contributed by atoms with Gasteiger partial charge < -0.3 is 10.1 Å². The number of halogens is 1. The monoisotopic (exact) mass is 277 g/mol. The van der Waals surface area contributed by atoms with Gasteiger partial charge in [-0.3, -0.25) is 0 Å². The Kier molecular flexibility index (Phi) is 4.69. The number of rotatable bonds is 6. The quantitative estimate of drug-likeness (QED) is 0.802. The summed E-state index contributed by atoms with van der Waals surface area (Å²) in [7, 11) is 0. The zero-order valence-electron chi connectivity index (χ0n) is 12.0. The summed E-state index contributed by atoms with van der Waals surface area (Å²) >= 11 is 0. The maximum Gasteiger partial charge on any atom is 0.126 e. The minimum atomic E-state index is -0.0551. The Morgan fingerprint density at radius 3 is 2.65 bits per heavy atom.